The molecule has 2 rings (SSSR count). The zero-order valence-corrected chi connectivity index (χ0v) is 10.7. The number of ether oxygens (including phenoxy) is 2. The number of unbranched alkanes of at least 4 members (excludes halogenated alkanes) is 1. The molecule has 0 spiro atoms. The van der Waals surface area contributed by atoms with Crippen molar-refractivity contribution in [1.29, 1.82) is 0 Å². The monoisotopic (exact) mass is 235 g/mol. The van der Waals surface area contributed by atoms with Gasteiger partial charge >= 0.3 is 0 Å². The highest BCUT2D eigenvalue weighted by molar-refractivity contribution is 5.44. The third-order valence-corrected chi connectivity index (χ3v) is 2.97. The molecule has 0 aromatic heterocycles. The molecular formula is C14H21NO2. The van der Waals surface area contributed by atoms with Gasteiger partial charge in [-0.3, -0.25) is 0 Å². The number of aryl methyl sites for hydroxylation is 1. The lowest BCUT2D eigenvalue weighted by atomic mass is 9.97. The molecule has 1 aliphatic rings. The topological polar surface area (TPSA) is 44.5 Å². The predicted octanol–water partition coefficient (Wildman–Crippen LogP) is 2.87. The molecule has 1 aliphatic heterocycles. The van der Waals surface area contributed by atoms with E-state index in [4.69, 9.17) is 15.2 Å². The second-order valence-corrected chi connectivity index (χ2v) is 5.38. The summed E-state index contributed by atoms with van der Waals surface area (Å²) in [6.07, 6.45) is 4.47. The van der Waals surface area contributed by atoms with E-state index in [2.05, 4.69) is 26.0 Å². The normalized spacial score (nSPS) is 14.1. The largest absolute Gasteiger partial charge is 0.454 e. The summed E-state index contributed by atoms with van der Waals surface area (Å²) in [5, 5.41) is 0. The van der Waals surface area contributed by atoms with Crippen molar-refractivity contribution in [3.05, 3.63) is 23.8 Å². The van der Waals surface area contributed by atoms with E-state index in [0.29, 0.717) is 6.79 Å². The second kappa shape index (κ2) is 4.96. The van der Waals surface area contributed by atoms with Gasteiger partial charge in [-0.1, -0.05) is 12.5 Å². The molecule has 17 heavy (non-hydrogen) atoms. The van der Waals surface area contributed by atoms with Gasteiger partial charge in [-0.2, -0.15) is 0 Å². The highest BCUT2D eigenvalue weighted by Crippen LogP contribution is 2.32. The third kappa shape index (κ3) is 3.63. The van der Waals surface area contributed by atoms with Crippen molar-refractivity contribution in [2.75, 3.05) is 6.79 Å². The zero-order valence-electron chi connectivity index (χ0n) is 10.7. The van der Waals surface area contributed by atoms with Crippen LogP contribution in [0, 0.1) is 0 Å². The van der Waals surface area contributed by atoms with Crippen molar-refractivity contribution in [1.82, 2.24) is 0 Å². The number of benzene rings is 1. The molecule has 0 bridgehead atoms. The lowest BCUT2D eigenvalue weighted by Crippen LogP contribution is -2.31. The molecule has 0 radical (unpaired) electrons. The minimum atomic E-state index is -0.0467. The summed E-state index contributed by atoms with van der Waals surface area (Å²) in [4.78, 5) is 0. The van der Waals surface area contributed by atoms with Crippen LogP contribution in [0.4, 0.5) is 0 Å². The summed E-state index contributed by atoms with van der Waals surface area (Å²) in [6.45, 7) is 4.50. The molecular weight excluding hydrogens is 214 g/mol. The third-order valence-electron chi connectivity index (χ3n) is 2.97. The molecule has 2 N–H and O–H groups in total. The number of nitrogens with two attached hydrogens (primary N) is 1. The van der Waals surface area contributed by atoms with Gasteiger partial charge in [0.2, 0.25) is 6.79 Å². The Labute approximate surface area is 103 Å². The van der Waals surface area contributed by atoms with Gasteiger partial charge in [-0.05, 0) is 50.8 Å². The van der Waals surface area contributed by atoms with Crippen LogP contribution >= 0.6 is 0 Å². The van der Waals surface area contributed by atoms with Crippen LogP contribution in [0.3, 0.4) is 0 Å². The van der Waals surface area contributed by atoms with Crippen molar-refractivity contribution >= 4 is 0 Å². The maximum absolute atomic E-state index is 5.95. The van der Waals surface area contributed by atoms with Gasteiger partial charge in [-0.25, -0.2) is 0 Å². The Bertz CT molecular complexity index is 382. The number of hydrogen-bond donors (Lipinski definition) is 1. The van der Waals surface area contributed by atoms with Gasteiger partial charge in [0.1, 0.15) is 0 Å². The SMILES string of the molecule is CC(C)(N)CCCCc1ccc2c(c1)OCO2. The predicted molar refractivity (Wildman–Crippen MR) is 68.4 cm³/mol. The molecule has 1 aromatic carbocycles. The van der Waals surface area contributed by atoms with E-state index < -0.39 is 0 Å². The molecule has 0 amide bonds. The Morgan fingerprint density at radius 2 is 1.94 bits per heavy atom. The van der Waals surface area contributed by atoms with E-state index in [1.807, 2.05) is 6.07 Å². The molecule has 0 unspecified atom stereocenters. The van der Waals surface area contributed by atoms with E-state index in [9.17, 15) is 0 Å². The summed E-state index contributed by atoms with van der Waals surface area (Å²) in [5.74, 6) is 1.73. The molecule has 1 aromatic rings. The Morgan fingerprint density at radius 1 is 1.18 bits per heavy atom. The first-order valence-electron chi connectivity index (χ1n) is 6.22. The second-order valence-electron chi connectivity index (χ2n) is 5.38. The fourth-order valence-electron chi connectivity index (χ4n) is 2.01. The Kier molecular flexibility index (Phi) is 3.57. The Balaban J connectivity index is 1.80. The average Bonchev–Trinajstić information content (AvgIpc) is 2.70. The van der Waals surface area contributed by atoms with Gasteiger partial charge < -0.3 is 15.2 Å². The Morgan fingerprint density at radius 3 is 2.71 bits per heavy atom. The lowest BCUT2D eigenvalue weighted by Gasteiger charge is -2.17. The smallest absolute Gasteiger partial charge is 0.231 e. The lowest BCUT2D eigenvalue weighted by molar-refractivity contribution is 0.174. The summed E-state index contributed by atoms with van der Waals surface area (Å²) in [7, 11) is 0. The molecule has 0 aliphatic carbocycles. The quantitative estimate of drug-likeness (QED) is 0.798. The van der Waals surface area contributed by atoms with Crippen LogP contribution in [0.5, 0.6) is 11.5 Å². The minimum absolute atomic E-state index is 0.0467. The molecule has 94 valence electrons. The highest BCUT2D eigenvalue weighted by atomic mass is 16.7. The van der Waals surface area contributed by atoms with Gasteiger partial charge in [0.05, 0.1) is 0 Å². The van der Waals surface area contributed by atoms with Crippen molar-refractivity contribution in [2.45, 2.75) is 45.1 Å². The zero-order chi connectivity index (χ0) is 12.3. The van der Waals surface area contributed by atoms with E-state index in [1.54, 1.807) is 0 Å². The number of fused-ring (bicyclic) bond motifs is 1. The Hall–Kier alpha value is -1.22. The molecule has 3 nitrogen and oxygen atoms in total. The molecule has 1 heterocycles. The number of rotatable bonds is 5. The van der Waals surface area contributed by atoms with E-state index in [1.165, 1.54) is 12.0 Å². The highest BCUT2D eigenvalue weighted by Gasteiger charge is 2.13. The standard InChI is InChI=1S/C14H21NO2/c1-14(2,15)8-4-3-5-11-6-7-12-13(9-11)17-10-16-12/h6-7,9H,3-5,8,10,15H2,1-2H3. The van der Waals surface area contributed by atoms with Crippen LogP contribution < -0.4 is 15.2 Å². The van der Waals surface area contributed by atoms with Crippen LogP contribution in [-0.4, -0.2) is 12.3 Å². The molecule has 0 atom stereocenters. The van der Waals surface area contributed by atoms with Crippen molar-refractivity contribution < 1.29 is 9.47 Å². The van der Waals surface area contributed by atoms with Crippen LogP contribution in [0.25, 0.3) is 0 Å². The maximum Gasteiger partial charge on any atom is 0.231 e. The van der Waals surface area contributed by atoms with Gasteiger partial charge in [-0.15, -0.1) is 0 Å². The summed E-state index contributed by atoms with van der Waals surface area (Å²) < 4.78 is 10.6. The van der Waals surface area contributed by atoms with E-state index in [0.717, 1.165) is 30.8 Å². The van der Waals surface area contributed by atoms with E-state index >= 15 is 0 Å². The molecule has 0 saturated carbocycles. The van der Waals surface area contributed by atoms with Crippen LogP contribution in [0.2, 0.25) is 0 Å². The minimum Gasteiger partial charge on any atom is -0.454 e. The van der Waals surface area contributed by atoms with Crippen LogP contribution in [0.1, 0.15) is 38.7 Å². The van der Waals surface area contributed by atoms with Gasteiger partial charge in [0, 0.05) is 5.54 Å². The van der Waals surface area contributed by atoms with Crippen molar-refractivity contribution in [3.63, 3.8) is 0 Å². The number of hydrogen-bond acceptors (Lipinski definition) is 3. The molecule has 3 heteroatoms. The fourth-order valence-corrected chi connectivity index (χ4v) is 2.01. The first kappa shape index (κ1) is 12.2. The first-order valence-corrected chi connectivity index (χ1v) is 6.22. The first-order chi connectivity index (χ1) is 8.04. The van der Waals surface area contributed by atoms with Gasteiger partial charge in [0.15, 0.2) is 11.5 Å². The van der Waals surface area contributed by atoms with E-state index in [-0.39, 0.29) is 5.54 Å². The summed E-state index contributed by atoms with van der Waals surface area (Å²) in [5.41, 5.74) is 7.21. The van der Waals surface area contributed by atoms with Crippen molar-refractivity contribution in [3.8, 4) is 11.5 Å². The fraction of sp³-hybridized carbons (Fsp3) is 0.571. The molecule has 0 fully saturated rings. The van der Waals surface area contributed by atoms with Crippen LogP contribution in [-0.2, 0) is 6.42 Å². The molecule has 0 saturated heterocycles. The summed E-state index contributed by atoms with van der Waals surface area (Å²) in [6, 6.07) is 6.18. The average molecular weight is 235 g/mol. The van der Waals surface area contributed by atoms with Crippen LogP contribution in [0.15, 0.2) is 18.2 Å². The van der Waals surface area contributed by atoms with Crippen molar-refractivity contribution in [2.24, 2.45) is 5.73 Å². The maximum atomic E-state index is 5.95. The van der Waals surface area contributed by atoms with Gasteiger partial charge in [0.25, 0.3) is 0 Å². The summed E-state index contributed by atoms with van der Waals surface area (Å²) >= 11 is 0.